The molecule has 72 valence electrons. The summed E-state index contributed by atoms with van der Waals surface area (Å²) in [5, 5.41) is 0. The first kappa shape index (κ1) is 10.3. The van der Waals surface area contributed by atoms with Crippen LogP contribution in [0.4, 0.5) is 5.69 Å². The number of anilines is 1. The maximum Gasteiger partial charge on any atom is 0.169 e. The topological polar surface area (TPSA) is 43.1 Å². The Morgan fingerprint density at radius 2 is 2.00 bits per heavy atom. The van der Waals surface area contributed by atoms with E-state index >= 15 is 0 Å². The summed E-state index contributed by atoms with van der Waals surface area (Å²) in [6.45, 7) is 7.86. The molecule has 0 bridgehead atoms. The lowest BCUT2D eigenvalue weighted by molar-refractivity contribution is 0.102. The van der Waals surface area contributed by atoms with Crippen molar-refractivity contribution in [3.8, 4) is 0 Å². The molecule has 0 saturated carbocycles. The van der Waals surface area contributed by atoms with E-state index in [0.29, 0.717) is 0 Å². The second-order valence-corrected chi connectivity index (χ2v) is 5.25. The lowest BCUT2D eigenvalue weighted by Gasteiger charge is -2.16. The van der Waals surface area contributed by atoms with E-state index in [9.17, 15) is 4.79 Å². The minimum Gasteiger partial charge on any atom is -0.398 e. The van der Waals surface area contributed by atoms with Gasteiger partial charge in [0.15, 0.2) is 5.78 Å². The van der Waals surface area contributed by atoms with Crippen molar-refractivity contribution in [1.82, 2.24) is 0 Å². The number of nitrogens with two attached hydrogens (primary N) is 1. The Bertz CT molecular complexity index is 333. The van der Waals surface area contributed by atoms with Crippen LogP contribution in [0.25, 0.3) is 0 Å². The Hall–Kier alpha value is -0.830. The van der Waals surface area contributed by atoms with Crippen molar-refractivity contribution >= 4 is 22.8 Å². The minimum absolute atomic E-state index is 0.0302. The molecule has 1 aromatic heterocycles. The smallest absolute Gasteiger partial charge is 0.169 e. The number of hydrogen-bond acceptors (Lipinski definition) is 3. The van der Waals surface area contributed by atoms with Gasteiger partial charge in [0.1, 0.15) is 0 Å². The molecule has 0 aromatic carbocycles. The lowest BCUT2D eigenvalue weighted by atomic mass is 9.94. The van der Waals surface area contributed by atoms with Gasteiger partial charge in [0, 0.05) is 10.6 Å². The summed E-state index contributed by atoms with van der Waals surface area (Å²) in [6, 6.07) is 1.77. The van der Waals surface area contributed by atoms with Gasteiger partial charge in [-0.05, 0) is 18.4 Å². The maximum atomic E-state index is 11.1. The van der Waals surface area contributed by atoms with Crippen LogP contribution in [0.5, 0.6) is 0 Å². The van der Waals surface area contributed by atoms with Crippen LogP contribution >= 0.6 is 11.3 Å². The van der Waals surface area contributed by atoms with Crippen LogP contribution in [0.2, 0.25) is 0 Å². The van der Waals surface area contributed by atoms with Gasteiger partial charge in [0.25, 0.3) is 0 Å². The van der Waals surface area contributed by atoms with Gasteiger partial charge in [-0.3, -0.25) is 4.79 Å². The van der Waals surface area contributed by atoms with Gasteiger partial charge in [-0.25, -0.2) is 0 Å². The third-order valence-corrected chi connectivity index (χ3v) is 3.47. The molecule has 0 fully saturated rings. The summed E-state index contributed by atoms with van der Waals surface area (Å²) in [6.07, 6.45) is 0. The SMILES string of the molecule is CC(=O)c1cc(N)c(C(C)(C)C)s1. The van der Waals surface area contributed by atoms with Crippen LogP contribution in [0.1, 0.15) is 42.2 Å². The Balaban J connectivity index is 3.18. The number of carbonyl (C=O) groups excluding carboxylic acids is 1. The number of carbonyl (C=O) groups is 1. The van der Waals surface area contributed by atoms with Gasteiger partial charge in [0.05, 0.1) is 4.88 Å². The summed E-state index contributed by atoms with van der Waals surface area (Å²) in [5.74, 6) is 0.0900. The first-order chi connectivity index (χ1) is 5.82. The molecule has 1 aromatic rings. The minimum atomic E-state index is 0.0302. The van der Waals surface area contributed by atoms with E-state index < -0.39 is 0 Å². The number of Topliss-reactive ketones (excluding diaryl/α,β-unsaturated/α-hetero) is 1. The molecule has 0 aliphatic carbocycles. The zero-order chi connectivity index (χ0) is 10.2. The average molecular weight is 197 g/mol. The largest absolute Gasteiger partial charge is 0.398 e. The quantitative estimate of drug-likeness (QED) is 0.703. The Labute approximate surface area is 82.8 Å². The number of rotatable bonds is 1. The molecule has 0 aliphatic rings. The second kappa shape index (κ2) is 3.14. The number of thiophene rings is 1. The van der Waals surface area contributed by atoms with E-state index in [2.05, 4.69) is 20.8 Å². The highest BCUT2D eigenvalue weighted by atomic mass is 32.1. The van der Waals surface area contributed by atoms with Gasteiger partial charge >= 0.3 is 0 Å². The molecule has 0 unspecified atom stereocenters. The third kappa shape index (κ3) is 2.10. The van der Waals surface area contributed by atoms with Gasteiger partial charge in [0.2, 0.25) is 0 Å². The molecule has 0 radical (unpaired) electrons. The molecule has 0 aliphatic heterocycles. The highest BCUT2D eigenvalue weighted by Crippen LogP contribution is 2.35. The molecule has 0 saturated heterocycles. The number of hydrogen-bond donors (Lipinski definition) is 1. The van der Waals surface area contributed by atoms with Crippen LogP contribution in [-0.2, 0) is 5.41 Å². The summed E-state index contributed by atoms with van der Waals surface area (Å²) in [7, 11) is 0. The van der Waals surface area contributed by atoms with Crippen molar-refractivity contribution in [2.45, 2.75) is 33.1 Å². The van der Waals surface area contributed by atoms with Crippen LogP contribution in [0.3, 0.4) is 0 Å². The summed E-state index contributed by atoms with van der Waals surface area (Å²) in [5.41, 5.74) is 6.59. The lowest BCUT2D eigenvalue weighted by Crippen LogP contribution is -2.10. The van der Waals surface area contributed by atoms with Crippen molar-refractivity contribution in [1.29, 1.82) is 0 Å². The van der Waals surface area contributed by atoms with E-state index in [4.69, 9.17) is 5.73 Å². The summed E-state index contributed by atoms with van der Waals surface area (Å²) >= 11 is 1.50. The number of ketones is 1. The van der Waals surface area contributed by atoms with E-state index in [1.807, 2.05) is 0 Å². The fourth-order valence-electron chi connectivity index (χ4n) is 1.16. The summed E-state index contributed by atoms with van der Waals surface area (Å²) < 4.78 is 0. The van der Waals surface area contributed by atoms with Gasteiger partial charge in [-0.1, -0.05) is 20.8 Å². The monoisotopic (exact) mass is 197 g/mol. The predicted molar refractivity (Wildman–Crippen MR) is 57.4 cm³/mol. The molecule has 3 heteroatoms. The molecular formula is C10H15NOS. The third-order valence-electron chi connectivity index (χ3n) is 1.79. The second-order valence-electron chi connectivity index (χ2n) is 4.20. The highest BCUT2D eigenvalue weighted by molar-refractivity contribution is 7.14. The molecule has 1 heterocycles. The zero-order valence-corrected chi connectivity index (χ0v) is 9.29. The van der Waals surface area contributed by atoms with Crippen LogP contribution in [0, 0.1) is 0 Å². The number of nitrogen functional groups attached to an aromatic ring is 1. The molecular weight excluding hydrogens is 182 g/mol. The molecule has 0 amide bonds. The summed E-state index contributed by atoms with van der Waals surface area (Å²) in [4.78, 5) is 12.9. The fourth-order valence-corrected chi connectivity index (χ4v) is 2.20. The standard InChI is InChI=1S/C10H15NOS/c1-6(12)8-5-7(11)9(13-8)10(2,3)4/h5H,11H2,1-4H3. The highest BCUT2D eigenvalue weighted by Gasteiger charge is 2.21. The van der Waals surface area contributed by atoms with Crippen molar-refractivity contribution < 1.29 is 4.79 Å². The first-order valence-corrected chi connectivity index (χ1v) is 5.04. The van der Waals surface area contributed by atoms with Crippen LogP contribution in [0.15, 0.2) is 6.07 Å². The molecule has 13 heavy (non-hydrogen) atoms. The van der Waals surface area contributed by atoms with Gasteiger partial charge in [-0.2, -0.15) is 0 Å². The van der Waals surface area contributed by atoms with E-state index in [-0.39, 0.29) is 11.2 Å². The van der Waals surface area contributed by atoms with E-state index in [0.717, 1.165) is 15.4 Å². The molecule has 2 nitrogen and oxygen atoms in total. The molecule has 0 atom stereocenters. The van der Waals surface area contributed by atoms with Crippen LogP contribution in [-0.4, -0.2) is 5.78 Å². The Morgan fingerprint density at radius 3 is 2.23 bits per heavy atom. The average Bonchev–Trinajstić information content (AvgIpc) is 2.29. The molecule has 0 spiro atoms. The Kier molecular flexibility index (Phi) is 2.48. The fraction of sp³-hybridized carbons (Fsp3) is 0.500. The van der Waals surface area contributed by atoms with E-state index in [1.165, 1.54) is 11.3 Å². The van der Waals surface area contributed by atoms with Crippen molar-refractivity contribution in [3.05, 3.63) is 15.8 Å². The van der Waals surface area contributed by atoms with Crippen molar-refractivity contribution in [3.63, 3.8) is 0 Å². The maximum absolute atomic E-state index is 11.1. The molecule has 1 rings (SSSR count). The van der Waals surface area contributed by atoms with Crippen molar-refractivity contribution in [2.75, 3.05) is 5.73 Å². The van der Waals surface area contributed by atoms with E-state index in [1.54, 1.807) is 13.0 Å². The van der Waals surface area contributed by atoms with Gasteiger partial charge < -0.3 is 5.73 Å². The first-order valence-electron chi connectivity index (χ1n) is 4.23. The van der Waals surface area contributed by atoms with Crippen molar-refractivity contribution in [2.24, 2.45) is 0 Å². The molecule has 2 N–H and O–H groups in total. The zero-order valence-electron chi connectivity index (χ0n) is 8.47. The van der Waals surface area contributed by atoms with Gasteiger partial charge in [-0.15, -0.1) is 11.3 Å². The predicted octanol–water partition coefficient (Wildman–Crippen LogP) is 2.83. The Morgan fingerprint density at radius 1 is 1.46 bits per heavy atom. The normalized spacial score (nSPS) is 11.7. The van der Waals surface area contributed by atoms with Crippen LogP contribution < -0.4 is 5.73 Å².